The van der Waals surface area contributed by atoms with Gasteiger partial charge in [0.25, 0.3) is 0 Å². The van der Waals surface area contributed by atoms with E-state index in [0.29, 0.717) is 3.57 Å². The van der Waals surface area contributed by atoms with Gasteiger partial charge in [-0.15, -0.1) is 0 Å². The molecule has 1 aromatic rings. The molecule has 0 unspecified atom stereocenters. The van der Waals surface area contributed by atoms with Crippen LogP contribution in [-0.2, 0) is 12.9 Å². The van der Waals surface area contributed by atoms with Crippen molar-refractivity contribution in [2.45, 2.75) is 12.9 Å². The highest BCUT2D eigenvalue weighted by atomic mass is 127. The fourth-order valence-corrected chi connectivity index (χ4v) is 1.49. The van der Waals surface area contributed by atoms with E-state index in [-0.39, 0.29) is 5.56 Å². The van der Waals surface area contributed by atoms with Crippen LogP contribution in [0, 0.1) is 3.57 Å². The van der Waals surface area contributed by atoms with Crippen molar-refractivity contribution in [2.75, 3.05) is 0 Å². The second-order valence-corrected chi connectivity index (χ2v) is 3.60. The first kappa shape index (κ1) is 10.7. The van der Waals surface area contributed by atoms with Crippen molar-refractivity contribution >= 4 is 22.6 Å². The van der Waals surface area contributed by atoms with Crippen LogP contribution in [0.5, 0.6) is 0 Å². The van der Waals surface area contributed by atoms with E-state index in [2.05, 4.69) is 0 Å². The highest BCUT2D eigenvalue weighted by molar-refractivity contribution is 14.1. The zero-order valence-corrected chi connectivity index (χ0v) is 8.49. The summed E-state index contributed by atoms with van der Waals surface area (Å²) in [5.74, 6) is 0. The maximum atomic E-state index is 12.1. The van der Waals surface area contributed by atoms with Crippen molar-refractivity contribution in [3.8, 4) is 0 Å². The normalized spacial score (nSPS) is 11.8. The summed E-state index contributed by atoms with van der Waals surface area (Å²) in [6.45, 7) is -0.740. The molecule has 0 aliphatic rings. The first-order valence-corrected chi connectivity index (χ1v) is 4.44. The zero-order valence-electron chi connectivity index (χ0n) is 6.33. The quantitative estimate of drug-likeness (QED) is 0.547. The Morgan fingerprint density at radius 2 is 1.85 bits per heavy atom. The Morgan fingerprint density at radius 1 is 1.23 bits per heavy atom. The van der Waals surface area contributed by atoms with Crippen LogP contribution in [-0.4, -0.2) is 0 Å². The van der Waals surface area contributed by atoms with E-state index < -0.39 is 18.4 Å². The molecule has 13 heavy (non-hydrogen) atoms. The number of hydrogen-bond acceptors (Lipinski definition) is 0. The average Bonchev–Trinajstić information content (AvgIpc) is 2.02. The first-order valence-electron chi connectivity index (χ1n) is 3.36. The van der Waals surface area contributed by atoms with E-state index >= 15 is 0 Å². The topological polar surface area (TPSA) is 0 Å². The highest BCUT2D eigenvalue weighted by Gasteiger charge is 2.30. The number of benzene rings is 1. The van der Waals surface area contributed by atoms with E-state index in [1.54, 1.807) is 22.6 Å². The molecule has 0 bridgehead atoms. The van der Waals surface area contributed by atoms with Crippen molar-refractivity contribution in [3.05, 3.63) is 32.9 Å². The third kappa shape index (κ3) is 2.55. The van der Waals surface area contributed by atoms with Crippen molar-refractivity contribution < 1.29 is 17.6 Å². The van der Waals surface area contributed by atoms with Gasteiger partial charge in [0.1, 0.15) is 6.67 Å². The summed E-state index contributed by atoms with van der Waals surface area (Å²) in [7, 11) is 0. The Morgan fingerprint density at radius 3 is 2.23 bits per heavy atom. The molecule has 0 N–H and O–H groups in total. The smallest absolute Gasteiger partial charge is 0.246 e. The number of halogens is 5. The minimum Gasteiger partial charge on any atom is -0.246 e. The second kappa shape index (κ2) is 3.81. The van der Waals surface area contributed by atoms with Gasteiger partial charge in [0.2, 0.25) is 0 Å². The Labute approximate surface area is 86.1 Å². The van der Waals surface area contributed by atoms with Crippen LogP contribution in [0.15, 0.2) is 18.2 Å². The van der Waals surface area contributed by atoms with Crippen molar-refractivity contribution in [1.82, 2.24) is 0 Å². The van der Waals surface area contributed by atoms with E-state index in [0.717, 1.165) is 18.2 Å². The standard InChI is InChI=1S/C8H5F4I/c9-4-5-1-2-6(3-7(5)13)8(10,11)12/h1-3H,4H2. The summed E-state index contributed by atoms with van der Waals surface area (Å²) < 4.78 is 48.7. The van der Waals surface area contributed by atoms with Gasteiger partial charge in [-0.25, -0.2) is 4.39 Å². The summed E-state index contributed by atoms with van der Waals surface area (Å²) in [5.41, 5.74) is -0.456. The minimum absolute atomic E-state index is 0.286. The van der Waals surface area contributed by atoms with Gasteiger partial charge in [-0.2, -0.15) is 13.2 Å². The lowest BCUT2D eigenvalue weighted by Gasteiger charge is -2.08. The third-order valence-corrected chi connectivity index (χ3v) is 2.53. The lowest BCUT2D eigenvalue weighted by molar-refractivity contribution is -0.137. The Kier molecular flexibility index (Phi) is 3.15. The van der Waals surface area contributed by atoms with Crippen LogP contribution in [0.4, 0.5) is 17.6 Å². The van der Waals surface area contributed by atoms with Crippen molar-refractivity contribution in [3.63, 3.8) is 0 Å². The van der Waals surface area contributed by atoms with Gasteiger partial charge in [-0.05, 0) is 40.3 Å². The molecule has 0 amide bonds. The summed E-state index contributed by atoms with van der Waals surface area (Å²) in [5, 5.41) is 0. The maximum absolute atomic E-state index is 12.1. The molecule has 72 valence electrons. The average molecular weight is 304 g/mol. The largest absolute Gasteiger partial charge is 0.416 e. The van der Waals surface area contributed by atoms with Crippen LogP contribution in [0.1, 0.15) is 11.1 Å². The highest BCUT2D eigenvalue weighted by Crippen LogP contribution is 2.31. The molecule has 0 aliphatic heterocycles. The van der Waals surface area contributed by atoms with Crippen molar-refractivity contribution in [1.29, 1.82) is 0 Å². The SMILES string of the molecule is FCc1ccc(C(F)(F)F)cc1I. The van der Waals surface area contributed by atoms with Gasteiger partial charge >= 0.3 is 6.18 Å². The molecule has 0 aliphatic carbocycles. The molecular weight excluding hydrogens is 299 g/mol. The second-order valence-electron chi connectivity index (χ2n) is 2.44. The van der Waals surface area contributed by atoms with Gasteiger partial charge in [0, 0.05) is 3.57 Å². The molecule has 0 nitrogen and oxygen atoms in total. The molecule has 0 aromatic heterocycles. The summed E-state index contributed by atoms with van der Waals surface area (Å²) >= 11 is 1.69. The monoisotopic (exact) mass is 304 g/mol. The Balaban J connectivity index is 3.10. The van der Waals surface area contributed by atoms with E-state index in [9.17, 15) is 17.6 Å². The molecule has 0 radical (unpaired) electrons. The zero-order chi connectivity index (χ0) is 10.1. The van der Waals surface area contributed by atoms with Gasteiger partial charge in [-0.1, -0.05) is 6.07 Å². The maximum Gasteiger partial charge on any atom is 0.416 e. The Bertz CT molecular complexity index is 306. The van der Waals surface area contributed by atoms with E-state index in [1.807, 2.05) is 0 Å². The first-order chi connectivity index (χ1) is 5.95. The van der Waals surface area contributed by atoms with Crippen LogP contribution >= 0.6 is 22.6 Å². The molecule has 1 aromatic carbocycles. The Hall–Kier alpha value is -0.330. The third-order valence-electron chi connectivity index (χ3n) is 1.52. The van der Waals surface area contributed by atoms with Crippen LogP contribution in [0.2, 0.25) is 0 Å². The minimum atomic E-state index is -4.35. The predicted octanol–water partition coefficient (Wildman–Crippen LogP) is 3.78. The fourth-order valence-electron chi connectivity index (χ4n) is 0.832. The molecule has 1 rings (SSSR count). The lowest BCUT2D eigenvalue weighted by atomic mass is 10.1. The molecule has 5 heteroatoms. The summed E-state index contributed by atoms with van der Waals surface area (Å²) in [6, 6.07) is 2.98. The molecule has 0 spiro atoms. The van der Waals surface area contributed by atoms with E-state index in [1.165, 1.54) is 0 Å². The van der Waals surface area contributed by atoms with Crippen molar-refractivity contribution in [2.24, 2.45) is 0 Å². The fraction of sp³-hybridized carbons (Fsp3) is 0.250. The lowest BCUT2D eigenvalue weighted by Crippen LogP contribution is -2.05. The van der Waals surface area contributed by atoms with Crippen LogP contribution < -0.4 is 0 Å². The number of alkyl halides is 4. The van der Waals surface area contributed by atoms with E-state index in [4.69, 9.17) is 0 Å². The van der Waals surface area contributed by atoms with Gasteiger partial charge in [0.05, 0.1) is 5.56 Å². The predicted molar refractivity (Wildman–Crippen MR) is 49.0 cm³/mol. The molecule has 0 fully saturated rings. The number of rotatable bonds is 1. The molecule has 0 atom stereocenters. The molecule has 0 heterocycles. The summed E-state index contributed by atoms with van der Waals surface area (Å²) in [6.07, 6.45) is -4.35. The molecule has 0 saturated carbocycles. The molecular formula is C8H5F4I. The summed E-state index contributed by atoms with van der Waals surface area (Å²) in [4.78, 5) is 0. The number of hydrogen-bond donors (Lipinski definition) is 0. The van der Waals surface area contributed by atoms with Gasteiger partial charge in [-0.3, -0.25) is 0 Å². The van der Waals surface area contributed by atoms with Gasteiger partial charge in [0.15, 0.2) is 0 Å². The van der Waals surface area contributed by atoms with Crippen LogP contribution in [0.25, 0.3) is 0 Å². The molecule has 0 saturated heterocycles. The van der Waals surface area contributed by atoms with Crippen LogP contribution in [0.3, 0.4) is 0 Å². The van der Waals surface area contributed by atoms with Gasteiger partial charge < -0.3 is 0 Å².